The molecule has 2 aliphatic carbocycles. The molecule has 3 atom stereocenters. The number of rotatable bonds is 1. The first-order valence-electron chi connectivity index (χ1n) is 8.03. The minimum absolute atomic E-state index is 0.0739. The Hall–Kier alpha value is -2.02. The van der Waals surface area contributed by atoms with E-state index in [0.29, 0.717) is 24.5 Å². The lowest BCUT2D eigenvalue weighted by atomic mass is 9.52. The fourth-order valence-corrected chi connectivity index (χ4v) is 5.06. The highest BCUT2D eigenvalue weighted by Gasteiger charge is 2.55. The van der Waals surface area contributed by atoms with Crippen molar-refractivity contribution in [3.63, 3.8) is 0 Å². The maximum atomic E-state index is 12.2. The predicted octanol–water partition coefficient (Wildman–Crippen LogP) is 2.41. The zero-order valence-electron chi connectivity index (χ0n) is 12.8. The van der Waals surface area contributed by atoms with E-state index in [0.717, 1.165) is 31.6 Å². The third kappa shape index (κ3) is 1.71. The Kier molecular flexibility index (Phi) is 2.94. The van der Waals surface area contributed by atoms with Crippen molar-refractivity contribution in [2.45, 2.75) is 43.6 Å². The normalized spacial score (nSPS) is 32.7. The number of hydrogen-bond acceptors (Lipinski definition) is 4. The van der Waals surface area contributed by atoms with Gasteiger partial charge in [-0.2, -0.15) is 5.26 Å². The average molecular weight is 296 g/mol. The number of nitrogens with zero attached hydrogens (tertiary/aromatic N) is 2. The number of benzene rings is 1. The summed E-state index contributed by atoms with van der Waals surface area (Å²) in [7, 11) is 1.69. The average Bonchev–Trinajstić information content (AvgIpc) is 2.54. The Morgan fingerprint density at radius 3 is 3.09 bits per heavy atom. The second-order valence-electron chi connectivity index (χ2n) is 6.85. The molecule has 0 unspecified atom stereocenters. The van der Waals surface area contributed by atoms with Gasteiger partial charge < -0.3 is 9.64 Å². The van der Waals surface area contributed by atoms with Crippen molar-refractivity contribution < 1.29 is 9.53 Å². The van der Waals surface area contributed by atoms with Crippen LogP contribution in [0.1, 0.15) is 36.8 Å². The van der Waals surface area contributed by atoms with E-state index in [1.165, 1.54) is 11.1 Å². The topological polar surface area (TPSA) is 53.3 Å². The molecule has 2 fully saturated rings. The smallest absolute Gasteiger partial charge is 0.179 e. The largest absolute Gasteiger partial charge is 0.497 e. The molecule has 114 valence electrons. The number of nitriles is 1. The second-order valence-corrected chi connectivity index (χ2v) is 6.85. The fourth-order valence-electron chi connectivity index (χ4n) is 5.06. The Bertz CT molecular complexity index is 678. The summed E-state index contributed by atoms with van der Waals surface area (Å²) in [4.78, 5) is 14.2. The lowest BCUT2D eigenvalue weighted by Gasteiger charge is -2.57. The minimum Gasteiger partial charge on any atom is -0.497 e. The van der Waals surface area contributed by atoms with Crippen molar-refractivity contribution in [3.8, 4) is 11.9 Å². The number of ether oxygens (including phenoxy) is 1. The van der Waals surface area contributed by atoms with Gasteiger partial charge in [-0.15, -0.1) is 0 Å². The van der Waals surface area contributed by atoms with E-state index in [4.69, 9.17) is 4.74 Å². The highest BCUT2D eigenvalue weighted by atomic mass is 16.5. The first kappa shape index (κ1) is 13.6. The number of piperidine rings is 1. The summed E-state index contributed by atoms with van der Waals surface area (Å²) in [6, 6.07) is 6.51. The molecule has 4 rings (SSSR count). The standard InChI is InChI=1S/C18H20N2O2/c1-22-14-4-2-12-8-17-15-5-3-13(21)10-18(15,16(12)9-14)6-7-20(17)11-19/h2,4,9,15,17H,3,5-8,10H2,1H3/t15-,17+,18-/m0/s1. The first-order chi connectivity index (χ1) is 10.7. The maximum absolute atomic E-state index is 12.2. The number of hydrogen-bond donors (Lipinski definition) is 0. The Labute approximate surface area is 130 Å². The van der Waals surface area contributed by atoms with Crippen LogP contribution in [-0.4, -0.2) is 30.4 Å². The van der Waals surface area contributed by atoms with E-state index in [-0.39, 0.29) is 11.5 Å². The summed E-state index contributed by atoms with van der Waals surface area (Å²) in [5.41, 5.74) is 2.52. The second kappa shape index (κ2) is 4.74. The molecule has 1 aromatic carbocycles. The number of likely N-dealkylation sites (tertiary alicyclic amines) is 1. The van der Waals surface area contributed by atoms with E-state index in [9.17, 15) is 10.1 Å². The zero-order chi connectivity index (χ0) is 15.3. The van der Waals surface area contributed by atoms with Crippen LogP contribution in [0.2, 0.25) is 0 Å². The molecule has 0 radical (unpaired) electrons. The SMILES string of the molecule is COc1ccc2c(c1)[C@]13CCN(C#N)[C@H](C2)[C@@H]1CCC(=O)C3. The molecular formula is C18H20N2O2. The highest BCUT2D eigenvalue weighted by molar-refractivity contribution is 5.81. The molecule has 1 saturated carbocycles. The molecule has 1 saturated heterocycles. The summed E-state index contributed by atoms with van der Waals surface area (Å²) in [5, 5.41) is 9.46. The molecule has 0 spiro atoms. The third-order valence-corrected chi connectivity index (χ3v) is 6.03. The van der Waals surface area contributed by atoms with Gasteiger partial charge in [0.05, 0.1) is 7.11 Å². The van der Waals surface area contributed by atoms with Gasteiger partial charge in [0.15, 0.2) is 6.19 Å². The summed E-state index contributed by atoms with van der Waals surface area (Å²) < 4.78 is 5.42. The molecular weight excluding hydrogens is 276 g/mol. The van der Waals surface area contributed by atoms with Crippen molar-refractivity contribution in [2.75, 3.05) is 13.7 Å². The Balaban J connectivity index is 1.89. The Morgan fingerprint density at radius 2 is 2.32 bits per heavy atom. The predicted molar refractivity (Wildman–Crippen MR) is 81.4 cm³/mol. The summed E-state index contributed by atoms with van der Waals surface area (Å²) in [6.45, 7) is 0.765. The van der Waals surface area contributed by atoms with Crippen LogP contribution in [0.3, 0.4) is 0 Å². The number of Topliss-reactive ketones (excluding diaryl/α,β-unsaturated/α-hetero) is 1. The van der Waals surface area contributed by atoms with E-state index in [2.05, 4.69) is 18.3 Å². The number of carbonyl (C=O) groups is 1. The molecule has 4 heteroatoms. The van der Waals surface area contributed by atoms with E-state index < -0.39 is 0 Å². The van der Waals surface area contributed by atoms with E-state index >= 15 is 0 Å². The van der Waals surface area contributed by atoms with Crippen LogP contribution in [0.15, 0.2) is 18.2 Å². The molecule has 4 nitrogen and oxygen atoms in total. The van der Waals surface area contributed by atoms with E-state index in [1.54, 1.807) is 7.11 Å². The molecule has 22 heavy (non-hydrogen) atoms. The molecule has 2 bridgehead atoms. The van der Waals surface area contributed by atoms with Gasteiger partial charge in [-0.05, 0) is 48.4 Å². The molecule has 0 amide bonds. The van der Waals surface area contributed by atoms with Crippen molar-refractivity contribution in [3.05, 3.63) is 29.3 Å². The van der Waals surface area contributed by atoms with Gasteiger partial charge in [0, 0.05) is 30.8 Å². The highest BCUT2D eigenvalue weighted by Crippen LogP contribution is 2.55. The maximum Gasteiger partial charge on any atom is 0.179 e. The summed E-state index contributed by atoms with van der Waals surface area (Å²) >= 11 is 0. The van der Waals surface area contributed by atoms with Crippen LogP contribution < -0.4 is 4.74 Å². The lowest BCUT2D eigenvalue weighted by molar-refractivity contribution is -0.126. The van der Waals surface area contributed by atoms with Crippen LogP contribution in [0, 0.1) is 17.4 Å². The first-order valence-corrected chi connectivity index (χ1v) is 8.03. The van der Waals surface area contributed by atoms with Crippen molar-refractivity contribution in [2.24, 2.45) is 5.92 Å². The van der Waals surface area contributed by atoms with Gasteiger partial charge in [0.2, 0.25) is 0 Å². The van der Waals surface area contributed by atoms with Crippen molar-refractivity contribution in [1.82, 2.24) is 4.90 Å². The van der Waals surface area contributed by atoms with Gasteiger partial charge in [-0.3, -0.25) is 4.79 Å². The number of carbonyl (C=O) groups excluding carboxylic acids is 1. The number of fused-ring (bicyclic) bond motifs is 1. The molecule has 1 heterocycles. The monoisotopic (exact) mass is 296 g/mol. The zero-order valence-corrected chi connectivity index (χ0v) is 12.8. The minimum atomic E-state index is -0.0739. The van der Waals surface area contributed by atoms with Crippen molar-refractivity contribution in [1.29, 1.82) is 5.26 Å². The fraction of sp³-hybridized carbons (Fsp3) is 0.556. The molecule has 3 aliphatic rings. The molecule has 1 aliphatic heterocycles. The Morgan fingerprint density at radius 1 is 1.45 bits per heavy atom. The third-order valence-electron chi connectivity index (χ3n) is 6.03. The van der Waals surface area contributed by atoms with Gasteiger partial charge in [-0.25, -0.2) is 0 Å². The van der Waals surface area contributed by atoms with Crippen molar-refractivity contribution >= 4 is 5.78 Å². The molecule has 1 aromatic rings. The molecule has 0 aromatic heterocycles. The quantitative estimate of drug-likeness (QED) is 0.747. The van der Waals surface area contributed by atoms with Crippen LogP contribution in [0.4, 0.5) is 0 Å². The van der Waals surface area contributed by atoms with Gasteiger partial charge in [-0.1, -0.05) is 6.07 Å². The van der Waals surface area contributed by atoms with Gasteiger partial charge in [0.25, 0.3) is 0 Å². The van der Waals surface area contributed by atoms with E-state index in [1.807, 2.05) is 11.0 Å². The van der Waals surface area contributed by atoms with Crippen LogP contribution in [0.5, 0.6) is 5.75 Å². The van der Waals surface area contributed by atoms with Crippen LogP contribution in [0.25, 0.3) is 0 Å². The lowest BCUT2D eigenvalue weighted by Crippen LogP contribution is -2.60. The number of ketones is 1. The van der Waals surface area contributed by atoms with Gasteiger partial charge in [0.1, 0.15) is 11.5 Å². The summed E-state index contributed by atoms with van der Waals surface area (Å²) in [6.07, 6.45) is 6.40. The number of methoxy groups -OCH3 is 1. The van der Waals surface area contributed by atoms with Crippen LogP contribution in [-0.2, 0) is 16.6 Å². The molecule has 0 N–H and O–H groups in total. The van der Waals surface area contributed by atoms with Crippen LogP contribution >= 0.6 is 0 Å². The summed E-state index contributed by atoms with van der Waals surface area (Å²) in [5.74, 6) is 1.65. The van der Waals surface area contributed by atoms with Gasteiger partial charge >= 0.3 is 0 Å².